The van der Waals surface area contributed by atoms with E-state index in [9.17, 15) is 18.5 Å². The summed E-state index contributed by atoms with van der Waals surface area (Å²) in [5, 5.41) is 19.1. The third-order valence-electron chi connectivity index (χ3n) is 3.46. The molecular weight excluding hydrogens is 318 g/mol. The second-order valence-electron chi connectivity index (χ2n) is 5.17. The first-order valence-corrected chi connectivity index (χ1v) is 8.43. The van der Waals surface area contributed by atoms with Crippen molar-refractivity contribution in [2.75, 3.05) is 11.9 Å². The van der Waals surface area contributed by atoms with Gasteiger partial charge in [-0.1, -0.05) is 37.3 Å². The Kier molecular flexibility index (Phi) is 4.97. The maximum absolute atomic E-state index is 11.3. The molecule has 0 amide bonds. The molecule has 2 aromatic rings. The second-order valence-corrected chi connectivity index (χ2v) is 6.74. The number of hydrogen-bond acceptors (Lipinski definition) is 5. The van der Waals surface area contributed by atoms with Crippen molar-refractivity contribution in [1.29, 1.82) is 0 Å². The number of anilines is 1. The molecule has 0 aliphatic carbocycles. The average molecular weight is 335 g/mol. The Balaban J connectivity index is 2.21. The summed E-state index contributed by atoms with van der Waals surface area (Å²) in [6, 6.07) is 13.3. The lowest BCUT2D eigenvalue weighted by Gasteiger charge is -2.14. The summed E-state index contributed by atoms with van der Waals surface area (Å²) in [4.78, 5) is 10.2. The average Bonchev–Trinajstić information content (AvgIpc) is 2.52. The number of primary sulfonamides is 1. The summed E-state index contributed by atoms with van der Waals surface area (Å²) >= 11 is 0. The normalized spacial score (nSPS) is 12.6. The Morgan fingerprint density at radius 2 is 1.87 bits per heavy atom. The molecule has 0 aromatic heterocycles. The summed E-state index contributed by atoms with van der Waals surface area (Å²) in [7, 11) is -3.98. The number of rotatable bonds is 6. The molecule has 0 heterocycles. The van der Waals surface area contributed by atoms with Crippen molar-refractivity contribution < 1.29 is 13.3 Å². The quantitative estimate of drug-likeness (QED) is 0.621. The molecule has 122 valence electrons. The van der Waals surface area contributed by atoms with E-state index in [2.05, 4.69) is 5.32 Å². The molecule has 0 bridgehead atoms. The first-order chi connectivity index (χ1) is 10.8. The van der Waals surface area contributed by atoms with Crippen molar-refractivity contribution in [2.45, 2.75) is 17.7 Å². The first kappa shape index (κ1) is 16.9. The minimum Gasteiger partial charge on any atom is -0.379 e. The lowest BCUT2D eigenvalue weighted by molar-refractivity contribution is -0.384. The van der Waals surface area contributed by atoms with Gasteiger partial charge in [0.05, 0.1) is 9.82 Å². The number of nitrogens with zero attached hydrogens (tertiary/aromatic N) is 1. The molecule has 1 atom stereocenters. The minimum absolute atomic E-state index is 0.133. The van der Waals surface area contributed by atoms with E-state index >= 15 is 0 Å². The van der Waals surface area contributed by atoms with E-state index in [1.165, 1.54) is 12.1 Å². The Bertz CT molecular complexity index is 807. The van der Waals surface area contributed by atoms with Gasteiger partial charge in [0.1, 0.15) is 5.69 Å². The highest BCUT2D eigenvalue weighted by molar-refractivity contribution is 7.89. The highest BCUT2D eigenvalue weighted by atomic mass is 32.2. The predicted molar refractivity (Wildman–Crippen MR) is 87.8 cm³/mol. The predicted octanol–water partition coefficient (Wildman–Crippen LogP) is 2.46. The number of benzene rings is 2. The number of nitro benzene ring substituents is 1. The molecule has 3 N–H and O–H groups in total. The Labute approximate surface area is 134 Å². The zero-order valence-electron chi connectivity index (χ0n) is 12.5. The molecule has 23 heavy (non-hydrogen) atoms. The van der Waals surface area contributed by atoms with E-state index in [0.29, 0.717) is 6.54 Å². The largest absolute Gasteiger partial charge is 0.379 e. The lowest BCUT2D eigenvalue weighted by atomic mass is 10.0. The van der Waals surface area contributed by atoms with Gasteiger partial charge >= 0.3 is 0 Å². The van der Waals surface area contributed by atoms with Crippen LogP contribution in [0, 0.1) is 10.1 Å². The number of nitrogens with two attached hydrogens (primary N) is 1. The molecule has 0 radical (unpaired) electrons. The molecule has 0 saturated carbocycles. The number of sulfonamides is 1. The summed E-state index contributed by atoms with van der Waals surface area (Å²) in [5.74, 6) is 0.133. The van der Waals surface area contributed by atoms with Crippen LogP contribution in [0.15, 0.2) is 53.4 Å². The van der Waals surface area contributed by atoms with Gasteiger partial charge in [0.2, 0.25) is 10.0 Å². The molecule has 0 spiro atoms. The van der Waals surface area contributed by atoms with E-state index in [1.54, 1.807) is 0 Å². The van der Waals surface area contributed by atoms with Crippen molar-refractivity contribution in [2.24, 2.45) is 5.14 Å². The number of hydrogen-bond donors (Lipinski definition) is 2. The van der Waals surface area contributed by atoms with E-state index in [1.807, 2.05) is 37.3 Å². The van der Waals surface area contributed by atoms with Crippen LogP contribution in [0.1, 0.15) is 18.4 Å². The van der Waals surface area contributed by atoms with Gasteiger partial charge in [-0.3, -0.25) is 10.1 Å². The maximum atomic E-state index is 11.3. The van der Waals surface area contributed by atoms with E-state index in [4.69, 9.17) is 5.14 Å². The number of nitrogens with one attached hydrogen (secondary N) is 1. The van der Waals surface area contributed by atoms with Crippen molar-refractivity contribution in [3.05, 3.63) is 64.2 Å². The van der Waals surface area contributed by atoms with Gasteiger partial charge in [0.25, 0.3) is 5.69 Å². The SMILES string of the molecule is C[C@@H](CNc1ccc(S(N)(=O)=O)cc1[N+](=O)[O-])c1ccccc1. The highest BCUT2D eigenvalue weighted by Crippen LogP contribution is 2.28. The molecule has 0 aliphatic rings. The van der Waals surface area contributed by atoms with Gasteiger partial charge in [0, 0.05) is 12.6 Å². The summed E-state index contributed by atoms with van der Waals surface area (Å²) in [6.45, 7) is 2.46. The van der Waals surface area contributed by atoms with Crippen molar-refractivity contribution in [1.82, 2.24) is 0 Å². The fourth-order valence-corrected chi connectivity index (χ4v) is 2.69. The van der Waals surface area contributed by atoms with Gasteiger partial charge in [-0.15, -0.1) is 0 Å². The van der Waals surface area contributed by atoms with Crippen LogP contribution in [0.4, 0.5) is 11.4 Å². The molecule has 0 aliphatic heterocycles. The zero-order chi connectivity index (χ0) is 17.0. The maximum Gasteiger partial charge on any atom is 0.293 e. The van der Waals surface area contributed by atoms with Crippen LogP contribution in [0.5, 0.6) is 0 Å². The van der Waals surface area contributed by atoms with Gasteiger partial charge in [-0.25, -0.2) is 13.6 Å². The van der Waals surface area contributed by atoms with Crippen LogP contribution < -0.4 is 10.5 Å². The van der Waals surface area contributed by atoms with E-state index < -0.39 is 14.9 Å². The van der Waals surface area contributed by atoms with Gasteiger partial charge < -0.3 is 5.32 Å². The van der Waals surface area contributed by atoms with Gasteiger partial charge in [0.15, 0.2) is 0 Å². The fourth-order valence-electron chi connectivity index (χ4n) is 2.15. The third-order valence-corrected chi connectivity index (χ3v) is 4.37. The fraction of sp³-hybridized carbons (Fsp3) is 0.200. The topological polar surface area (TPSA) is 115 Å². The molecule has 2 aromatic carbocycles. The van der Waals surface area contributed by atoms with Gasteiger partial charge in [-0.2, -0.15) is 0 Å². The first-order valence-electron chi connectivity index (χ1n) is 6.89. The molecule has 0 saturated heterocycles. The van der Waals surface area contributed by atoms with Crippen LogP contribution >= 0.6 is 0 Å². The monoisotopic (exact) mass is 335 g/mol. The van der Waals surface area contributed by atoms with Crippen LogP contribution in [-0.4, -0.2) is 19.9 Å². The summed E-state index contributed by atoms with van der Waals surface area (Å²) in [6.07, 6.45) is 0. The molecular formula is C15H17N3O4S. The van der Waals surface area contributed by atoms with E-state index in [0.717, 1.165) is 11.6 Å². The molecule has 0 fully saturated rings. The van der Waals surface area contributed by atoms with Crippen LogP contribution in [0.25, 0.3) is 0 Å². The van der Waals surface area contributed by atoms with Gasteiger partial charge in [-0.05, 0) is 23.6 Å². The Hall–Kier alpha value is -2.45. The molecule has 2 rings (SSSR count). The third kappa shape index (κ3) is 4.27. The smallest absolute Gasteiger partial charge is 0.293 e. The van der Waals surface area contributed by atoms with Crippen LogP contribution in [-0.2, 0) is 10.0 Å². The summed E-state index contributed by atoms with van der Waals surface area (Å²) in [5.41, 5.74) is 1.03. The lowest BCUT2D eigenvalue weighted by Crippen LogP contribution is -2.14. The molecule has 7 nitrogen and oxygen atoms in total. The highest BCUT2D eigenvalue weighted by Gasteiger charge is 2.19. The summed E-state index contributed by atoms with van der Waals surface area (Å²) < 4.78 is 22.6. The van der Waals surface area contributed by atoms with Crippen molar-refractivity contribution in [3.63, 3.8) is 0 Å². The second kappa shape index (κ2) is 6.76. The molecule has 0 unspecified atom stereocenters. The van der Waals surface area contributed by atoms with Crippen molar-refractivity contribution >= 4 is 21.4 Å². The molecule has 8 heteroatoms. The minimum atomic E-state index is -3.98. The Morgan fingerprint density at radius 3 is 2.43 bits per heavy atom. The zero-order valence-corrected chi connectivity index (χ0v) is 13.3. The van der Waals surface area contributed by atoms with Crippen molar-refractivity contribution in [3.8, 4) is 0 Å². The van der Waals surface area contributed by atoms with Crippen LogP contribution in [0.3, 0.4) is 0 Å². The Morgan fingerprint density at radius 1 is 1.22 bits per heavy atom. The van der Waals surface area contributed by atoms with E-state index in [-0.39, 0.29) is 22.2 Å². The number of nitro groups is 1. The standard InChI is InChI=1S/C15H17N3O4S/c1-11(12-5-3-2-4-6-12)10-17-14-8-7-13(23(16,21)22)9-15(14)18(19)20/h2-9,11,17H,10H2,1H3,(H2,16,21,22)/t11-/m0/s1. The van der Waals surface area contributed by atoms with Crippen LogP contribution in [0.2, 0.25) is 0 Å².